The van der Waals surface area contributed by atoms with E-state index in [1.807, 2.05) is 19.1 Å². The number of allylic oxidation sites excluding steroid dienone is 1. The Labute approximate surface area is 289 Å². The maximum absolute atomic E-state index is 14.3. The first-order valence-corrected chi connectivity index (χ1v) is 18.8. The molecule has 0 bridgehead atoms. The smallest absolute Gasteiger partial charge is 0.405 e. The van der Waals surface area contributed by atoms with Crippen molar-refractivity contribution in [3.63, 3.8) is 0 Å². The van der Waals surface area contributed by atoms with Crippen LogP contribution < -0.4 is 25.7 Å². The molecule has 6 rings (SSSR count). The van der Waals surface area contributed by atoms with E-state index in [-0.39, 0.29) is 43.3 Å². The highest BCUT2D eigenvalue weighted by Gasteiger charge is 2.62. The Morgan fingerprint density at radius 3 is 2.50 bits per heavy atom. The highest BCUT2D eigenvalue weighted by molar-refractivity contribution is 7.91. The molecule has 4 amide bonds. The molecule has 2 saturated carbocycles. The number of carbonyl (C=O) groups is 4. The lowest BCUT2D eigenvalue weighted by atomic mass is 9.88. The summed E-state index contributed by atoms with van der Waals surface area (Å²) >= 11 is 0. The van der Waals surface area contributed by atoms with Gasteiger partial charge in [-0.2, -0.15) is 0 Å². The van der Waals surface area contributed by atoms with Gasteiger partial charge in [-0.15, -0.1) is 5.10 Å². The highest BCUT2D eigenvalue weighted by Crippen LogP contribution is 2.46. The molecule has 50 heavy (non-hydrogen) atoms. The van der Waals surface area contributed by atoms with Crippen LogP contribution in [0.1, 0.15) is 65.7 Å². The summed E-state index contributed by atoms with van der Waals surface area (Å²) in [6, 6.07) is 4.44. The molecule has 15 nitrogen and oxygen atoms in total. The third kappa shape index (κ3) is 7.07. The number of ether oxygens (including phenoxy) is 1. The number of sulfonamides is 1. The van der Waals surface area contributed by atoms with E-state index in [1.165, 1.54) is 9.58 Å². The van der Waals surface area contributed by atoms with Crippen molar-refractivity contribution >= 4 is 44.6 Å². The van der Waals surface area contributed by atoms with Crippen molar-refractivity contribution in [1.29, 1.82) is 0 Å². The number of hydrogen-bond donors (Lipinski definition) is 4. The molecule has 4 aliphatic rings. The van der Waals surface area contributed by atoms with E-state index in [0.29, 0.717) is 36.5 Å². The van der Waals surface area contributed by atoms with Crippen LogP contribution in [0, 0.1) is 17.8 Å². The van der Waals surface area contributed by atoms with E-state index in [0.717, 1.165) is 6.42 Å². The number of carbonyl (C=O) groups excluding carboxylic acids is 3. The Morgan fingerprint density at radius 1 is 1.10 bits per heavy atom. The van der Waals surface area contributed by atoms with Crippen LogP contribution in [0.15, 0.2) is 41.2 Å². The Kier molecular flexibility index (Phi) is 9.68. The number of benzene rings is 1. The lowest BCUT2D eigenvalue weighted by molar-refractivity contribution is -0.142. The van der Waals surface area contributed by atoms with Gasteiger partial charge in [-0.05, 0) is 69.4 Å². The second-order valence-electron chi connectivity index (χ2n) is 14.2. The molecule has 0 radical (unpaired) electrons. The van der Waals surface area contributed by atoms with E-state index in [4.69, 9.17) is 4.74 Å². The number of amides is 4. The number of carboxylic acid groups (broad SMARTS) is 1. The molecule has 2 aliphatic heterocycles. The van der Waals surface area contributed by atoms with Crippen molar-refractivity contribution in [2.24, 2.45) is 17.8 Å². The second-order valence-corrected chi connectivity index (χ2v) is 16.1. The summed E-state index contributed by atoms with van der Waals surface area (Å²) < 4.78 is 35.3. The van der Waals surface area contributed by atoms with Crippen molar-refractivity contribution in [1.82, 2.24) is 30.0 Å². The lowest BCUT2D eigenvalue weighted by Crippen LogP contribution is -2.59. The monoisotopic (exact) mass is 712 g/mol. The highest BCUT2D eigenvalue weighted by atomic mass is 32.2. The average molecular weight is 713 g/mol. The molecule has 1 aromatic carbocycles. The molecule has 7 atom stereocenters. The fourth-order valence-corrected chi connectivity index (χ4v) is 8.66. The van der Waals surface area contributed by atoms with E-state index in [9.17, 15) is 37.5 Å². The summed E-state index contributed by atoms with van der Waals surface area (Å²) in [5.74, 6) is -2.79. The van der Waals surface area contributed by atoms with Gasteiger partial charge in [0.05, 0.1) is 22.6 Å². The van der Waals surface area contributed by atoms with Gasteiger partial charge in [0.15, 0.2) is 0 Å². The zero-order chi connectivity index (χ0) is 36.0. The molecule has 2 aromatic rings. The predicted molar refractivity (Wildman–Crippen MR) is 182 cm³/mol. The summed E-state index contributed by atoms with van der Waals surface area (Å²) in [7, 11) is -3.91. The fourth-order valence-electron chi connectivity index (χ4n) is 7.29. The third-order valence-corrected chi connectivity index (χ3v) is 12.1. The molecule has 3 heterocycles. The number of fused-ring (bicyclic) bond motifs is 3. The van der Waals surface area contributed by atoms with Gasteiger partial charge >= 0.3 is 6.09 Å². The topological polar surface area (TPSA) is 206 Å². The molecule has 2 unspecified atom stereocenters. The molecule has 16 heteroatoms. The van der Waals surface area contributed by atoms with E-state index in [1.54, 1.807) is 38.1 Å². The number of aryl methyl sites for hydroxylation is 1. The van der Waals surface area contributed by atoms with E-state index >= 15 is 0 Å². The van der Waals surface area contributed by atoms with Gasteiger partial charge in [0.1, 0.15) is 23.7 Å². The predicted octanol–water partition coefficient (Wildman–Crippen LogP) is 1.90. The maximum Gasteiger partial charge on any atom is 0.405 e. The molecule has 2 aliphatic carbocycles. The lowest BCUT2D eigenvalue weighted by Gasteiger charge is -2.32. The number of hydrogen-bond acceptors (Lipinski definition) is 9. The maximum atomic E-state index is 14.3. The van der Waals surface area contributed by atoms with E-state index < -0.39 is 74.7 Å². The quantitative estimate of drug-likeness (QED) is 0.307. The summed E-state index contributed by atoms with van der Waals surface area (Å²) in [5.41, 5.74) is -1.84. The van der Waals surface area contributed by atoms with Gasteiger partial charge < -0.3 is 25.4 Å². The van der Waals surface area contributed by atoms with Crippen LogP contribution >= 0.6 is 0 Å². The van der Waals surface area contributed by atoms with Gasteiger partial charge in [0.25, 0.3) is 11.5 Å². The molecular weight excluding hydrogens is 668 g/mol. The Morgan fingerprint density at radius 2 is 1.82 bits per heavy atom. The largest absolute Gasteiger partial charge is 0.471 e. The van der Waals surface area contributed by atoms with Crippen molar-refractivity contribution in [2.45, 2.75) is 101 Å². The average Bonchev–Trinajstić information content (AvgIpc) is 3.99. The summed E-state index contributed by atoms with van der Waals surface area (Å²) in [5, 5.41) is 19.5. The van der Waals surface area contributed by atoms with Crippen molar-refractivity contribution in [2.75, 3.05) is 6.54 Å². The number of rotatable bonds is 7. The first-order chi connectivity index (χ1) is 23.7. The van der Waals surface area contributed by atoms with Crippen molar-refractivity contribution in [3.05, 3.63) is 46.8 Å². The Hall–Kier alpha value is -4.47. The van der Waals surface area contributed by atoms with Crippen LogP contribution in [0.3, 0.4) is 0 Å². The summed E-state index contributed by atoms with van der Waals surface area (Å²) in [4.78, 5) is 68.4. The normalized spacial score (nSPS) is 31.0. The van der Waals surface area contributed by atoms with Gasteiger partial charge in [-0.3, -0.25) is 23.9 Å². The molecule has 4 N–H and O–H groups in total. The molecule has 270 valence electrons. The van der Waals surface area contributed by atoms with Gasteiger partial charge in [-0.1, -0.05) is 38.1 Å². The Balaban J connectivity index is 1.36. The number of nitrogens with zero attached hydrogens (tertiary/aromatic N) is 3. The summed E-state index contributed by atoms with van der Waals surface area (Å²) in [6.07, 6.45) is 4.49. The molecular formula is C34H44N6O9S. The van der Waals surface area contributed by atoms with Crippen LogP contribution in [0.5, 0.6) is 5.88 Å². The van der Waals surface area contributed by atoms with Crippen LogP contribution in [0.25, 0.3) is 10.8 Å². The van der Waals surface area contributed by atoms with Gasteiger partial charge in [-0.25, -0.2) is 17.9 Å². The van der Waals surface area contributed by atoms with Gasteiger partial charge in [0, 0.05) is 18.9 Å². The Bertz CT molecular complexity index is 1890. The van der Waals surface area contributed by atoms with E-state index in [2.05, 4.69) is 20.5 Å². The molecule has 1 saturated heterocycles. The standard InChI is InChI=1S/C34H44N6O9S/c1-4-40-30(42)25-12-8-7-11-24(25)29(37-40)49-22-16-26-28(41)36-34(32(44)38-50(47,48)23-13-14-23)17-21(34)10-6-5-9-19(2)15-20(3)27(35-33(45)46)31(43)39(26)18-22/h6-8,10-12,19-23,26-27,35H,4-5,9,13-18H2,1-3H3,(H,36,41)(H,38,44)(H,45,46)/b10-6-/t19-,20-,21?,22-,26+,27+,34?/m1/s1. The van der Waals surface area contributed by atoms with Crippen LogP contribution in [-0.4, -0.2) is 87.5 Å². The number of nitrogens with one attached hydrogen (secondary N) is 3. The second kappa shape index (κ2) is 13.7. The van der Waals surface area contributed by atoms with Gasteiger partial charge in [0.2, 0.25) is 27.7 Å². The minimum Gasteiger partial charge on any atom is -0.471 e. The zero-order valence-electron chi connectivity index (χ0n) is 28.3. The number of aromatic nitrogens is 2. The van der Waals surface area contributed by atoms with Crippen LogP contribution in [-0.2, 0) is 31.0 Å². The van der Waals surface area contributed by atoms with Crippen molar-refractivity contribution in [3.8, 4) is 5.88 Å². The minimum atomic E-state index is -3.91. The minimum absolute atomic E-state index is 0.0397. The molecule has 1 aromatic heterocycles. The third-order valence-electron chi connectivity index (χ3n) is 10.3. The first kappa shape index (κ1) is 35.4. The summed E-state index contributed by atoms with van der Waals surface area (Å²) in [6.45, 7) is 5.73. The molecule has 3 fully saturated rings. The van der Waals surface area contributed by atoms with Crippen LogP contribution in [0.2, 0.25) is 0 Å². The van der Waals surface area contributed by atoms with Crippen LogP contribution in [0.4, 0.5) is 4.79 Å². The fraction of sp³-hybridized carbons (Fsp3) is 0.588. The SMILES string of the molecule is CCn1nc(O[C@@H]2C[C@H]3C(=O)NC4(C(=O)NS(=O)(=O)C5CC5)CC4/C=C\CC[C@@H](C)C[C@@H](C)[C@H](NC(=O)O)C(=O)N3C2)c2ccccc2c1=O. The molecule has 0 spiro atoms. The first-order valence-electron chi connectivity index (χ1n) is 17.2. The zero-order valence-corrected chi connectivity index (χ0v) is 29.1. The van der Waals surface area contributed by atoms with Crippen molar-refractivity contribution < 1.29 is 37.4 Å².